The maximum Gasteiger partial charge on any atom is 0.222 e. The van der Waals surface area contributed by atoms with Crippen LogP contribution in [0, 0.1) is 0 Å². The molecule has 1 aliphatic carbocycles. The first-order valence-corrected chi connectivity index (χ1v) is 9.62. The summed E-state index contributed by atoms with van der Waals surface area (Å²) in [5.74, 6) is 2.09. The molecule has 0 bridgehead atoms. The highest BCUT2D eigenvalue weighted by atomic mass is 127. The lowest BCUT2D eigenvalue weighted by molar-refractivity contribution is -0.129. The first-order valence-electron chi connectivity index (χ1n) is 9.62. The molecule has 0 spiro atoms. The molecule has 2 heterocycles. The monoisotopic (exact) mass is 474 g/mol. The summed E-state index contributed by atoms with van der Waals surface area (Å²) in [6, 6.07) is 4.70. The fraction of sp³-hybridized carbons (Fsp3) is 0.684. The third kappa shape index (κ3) is 6.17. The van der Waals surface area contributed by atoms with Crippen molar-refractivity contribution in [2.75, 3.05) is 19.6 Å². The summed E-state index contributed by atoms with van der Waals surface area (Å²) < 4.78 is 5.38. The Hall–Kier alpha value is -1.25. The van der Waals surface area contributed by atoms with Gasteiger partial charge in [-0.05, 0) is 31.4 Å². The van der Waals surface area contributed by atoms with E-state index in [0.717, 1.165) is 37.7 Å². The zero-order valence-corrected chi connectivity index (χ0v) is 17.9. The number of hydrogen-bond acceptors (Lipinski definition) is 3. The number of hydrogen-bond donors (Lipinski definition) is 2. The second-order valence-corrected chi connectivity index (χ2v) is 7.01. The van der Waals surface area contributed by atoms with Crippen molar-refractivity contribution in [2.24, 2.45) is 4.99 Å². The number of aliphatic imine (C=N–C) groups is 1. The molecular formula is C19H31IN4O2. The zero-order chi connectivity index (χ0) is 17.5. The number of carbonyl (C=O) groups is 1. The Bertz CT molecular complexity index is 570. The zero-order valence-electron chi connectivity index (χ0n) is 15.6. The molecular weight excluding hydrogens is 443 g/mol. The van der Waals surface area contributed by atoms with Gasteiger partial charge >= 0.3 is 0 Å². The van der Waals surface area contributed by atoms with E-state index in [1.807, 2.05) is 24.0 Å². The van der Waals surface area contributed by atoms with Crippen molar-refractivity contribution in [3.05, 3.63) is 24.2 Å². The Labute approximate surface area is 173 Å². The summed E-state index contributed by atoms with van der Waals surface area (Å²) in [5, 5.41) is 7.13. The molecule has 1 atom stereocenters. The van der Waals surface area contributed by atoms with Gasteiger partial charge in [0.2, 0.25) is 5.91 Å². The van der Waals surface area contributed by atoms with Gasteiger partial charge in [-0.1, -0.05) is 19.8 Å². The molecule has 0 radical (unpaired) electrons. The van der Waals surface area contributed by atoms with Crippen LogP contribution in [-0.2, 0) is 11.2 Å². The molecule has 1 amide bonds. The Morgan fingerprint density at radius 1 is 1.27 bits per heavy atom. The van der Waals surface area contributed by atoms with Crippen molar-refractivity contribution in [1.82, 2.24) is 15.5 Å². The average Bonchev–Trinajstić information content (AvgIpc) is 3.37. The molecule has 1 aromatic heterocycles. The molecule has 0 aromatic carbocycles. The summed E-state index contributed by atoms with van der Waals surface area (Å²) in [7, 11) is 0. The number of likely N-dealkylation sites (tertiary alicyclic amines) is 1. The highest BCUT2D eigenvalue weighted by molar-refractivity contribution is 14.0. The molecule has 2 aliphatic rings. The lowest BCUT2D eigenvalue weighted by Gasteiger charge is -2.21. The van der Waals surface area contributed by atoms with Gasteiger partial charge in [0, 0.05) is 44.6 Å². The number of guanidine groups is 1. The second-order valence-electron chi connectivity index (χ2n) is 7.01. The second kappa shape index (κ2) is 10.8. The van der Waals surface area contributed by atoms with Crippen LogP contribution in [0.15, 0.2) is 27.8 Å². The van der Waals surface area contributed by atoms with E-state index in [1.54, 1.807) is 6.26 Å². The summed E-state index contributed by atoms with van der Waals surface area (Å²) in [4.78, 5) is 18.6. The minimum atomic E-state index is 0. The van der Waals surface area contributed by atoms with Crippen LogP contribution in [0.5, 0.6) is 0 Å². The number of nitrogens with one attached hydrogen (secondary N) is 2. The number of rotatable bonds is 6. The van der Waals surface area contributed by atoms with Crippen LogP contribution in [-0.4, -0.2) is 48.5 Å². The minimum Gasteiger partial charge on any atom is -0.469 e. The predicted octanol–water partition coefficient (Wildman–Crippen LogP) is 2.93. The smallest absolute Gasteiger partial charge is 0.222 e. The number of nitrogens with zero attached hydrogens (tertiary/aromatic N) is 2. The lowest BCUT2D eigenvalue weighted by atomic mass is 10.2. The molecule has 3 rings (SSSR count). The van der Waals surface area contributed by atoms with Crippen molar-refractivity contribution >= 4 is 35.8 Å². The largest absolute Gasteiger partial charge is 0.469 e. The summed E-state index contributed by atoms with van der Waals surface area (Å²) in [6.45, 7) is 4.23. The Morgan fingerprint density at radius 3 is 2.73 bits per heavy atom. The van der Waals surface area contributed by atoms with E-state index < -0.39 is 0 Å². The summed E-state index contributed by atoms with van der Waals surface area (Å²) in [5.41, 5.74) is 0. The molecule has 26 heavy (non-hydrogen) atoms. The number of halogens is 1. The van der Waals surface area contributed by atoms with Crippen LogP contribution in [0.25, 0.3) is 0 Å². The van der Waals surface area contributed by atoms with Crippen LogP contribution >= 0.6 is 24.0 Å². The van der Waals surface area contributed by atoms with Gasteiger partial charge in [-0.15, -0.1) is 24.0 Å². The topological polar surface area (TPSA) is 69.9 Å². The molecule has 7 heteroatoms. The molecule has 1 aromatic rings. The van der Waals surface area contributed by atoms with Crippen LogP contribution in [0.2, 0.25) is 0 Å². The van der Waals surface area contributed by atoms with Gasteiger partial charge in [0.15, 0.2) is 5.96 Å². The highest BCUT2D eigenvalue weighted by Crippen LogP contribution is 2.18. The van der Waals surface area contributed by atoms with E-state index in [0.29, 0.717) is 19.0 Å². The molecule has 2 N–H and O–H groups in total. The Morgan fingerprint density at radius 2 is 2.04 bits per heavy atom. The van der Waals surface area contributed by atoms with Gasteiger partial charge in [0.1, 0.15) is 5.76 Å². The van der Waals surface area contributed by atoms with E-state index in [1.165, 1.54) is 25.7 Å². The van der Waals surface area contributed by atoms with Crippen molar-refractivity contribution in [3.63, 3.8) is 0 Å². The lowest BCUT2D eigenvalue weighted by Crippen LogP contribution is -2.48. The maximum absolute atomic E-state index is 11.9. The maximum atomic E-state index is 11.9. The quantitative estimate of drug-likeness (QED) is 0.378. The average molecular weight is 474 g/mol. The van der Waals surface area contributed by atoms with Crippen LogP contribution in [0.4, 0.5) is 0 Å². The van der Waals surface area contributed by atoms with Crippen LogP contribution < -0.4 is 10.6 Å². The van der Waals surface area contributed by atoms with Crippen molar-refractivity contribution in [1.29, 1.82) is 0 Å². The fourth-order valence-electron chi connectivity index (χ4n) is 3.65. The van der Waals surface area contributed by atoms with E-state index in [2.05, 4.69) is 10.6 Å². The van der Waals surface area contributed by atoms with Gasteiger partial charge in [-0.3, -0.25) is 9.79 Å². The third-order valence-corrected chi connectivity index (χ3v) is 5.09. The first-order chi connectivity index (χ1) is 12.2. The Balaban J connectivity index is 0.00000243. The first kappa shape index (κ1) is 21.1. The Kier molecular flexibility index (Phi) is 8.74. The minimum absolute atomic E-state index is 0. The standard InChI is InChI=1S/C19H30N4O2.HI/c1-2-18(24)23-12-10-16(14-23)22-19(21-15-6-3-4-7-15)20-11-9-17-8-5-13-25-17;/h5,8,13,15-16H,2-4,6-7,9-12,14H2,1H3,(H2,20,21,22);1H. The van der Waals surface area contributed by atoms with Crippen LogP contribution in [0.3, 0.4) is 0 Å². The molecule has 1 saturated carbocycles. The van der Waals surface area contributed by atoms with Crippen molar-refractivity contribution < 1.29 is 9.21 Å². The molecule has 1 unspecified atom stereocenters. The SMILES string of the molecule is CCC(=O)N1CCC(NC(=NCCc2ccco2)NC2CCCC2)C1.I. The molecule has 1 aliphatic heterocycles. The van der Waals surface area contributed by atoms with Crippen molar-refractivity contribution in [3.8, 4) is 0 Å². The van der Waals surface area contributed by atoms with E-state index in [4.69, 9.17) is 9.41 Å². The van der Waals surface area contributed by atoms with Gasteiger partial charge in [-0.2, -0.15) is 0 Å². The predicted molar refractivity (Wildman–Crippen MR) is 114 cm³/mol. The van der Waals surface area contributed by atoms with E-state index in [9.17, 15) is 4.79 Å². The normalized spacial score (nSPS) is 20.9. The van der Waals surface area contributed by atoms with Crippen molar-refractivity contribution in [2.45, 2.75) is 64.0 Å². The van der Waals surface area contributed by atoms with E-state index >= 15 is 0 Å². The van der Waals surface area contributed by atoms with Gasteiger partial charge in [0.05, 0.1) is 6.26 Å². The fourth-order valence-corrected chi connectivity index (χ4v) is 3.65. The molecule has 6 nitrogen and oxygen atoms in total. The number of amides is 1. The summed E-state index contributed by atoms with van der Waals surface area (Å²) in [6.07, 6.45) is 9.07. The van der Waals surface area contributed by atoms with Gasteiger partial charge in [0.25, 0.3) is 0 Å². The summed E-state index contributed by atoms with van der Waals surface area (Å²) >= 11 is 0. The molecule has 1 saturated heterocycles. The molecule has 146 valence electrons. The van der Waals surface area contributed by atoms with E-state index in [-0.39, 0.29) is 35.9 Å². The molecule has 2 fully saturated rings. The van der Waals surface area contributed by atoms with Gasteiger partial charge in [-0.25, -0.2) is 0 Å². The number of furan rings is 1. The van der Waals surface area contributed by atoms with Crippen LogP contribution in [0.1, 0.15) is 51.2 Å². The third-order valence-electron chi connectivity index (χ3n) is 5.09. The number of carbonyl (C=O) groups excluding carboxylic acids is 1. The van der Waals surface area contributed by atoms with Gasteiger partial charge < -0.3 is 20.0 Å². The highest BCUT2D eigenvalue weighted by Gasteiger charge is 2.26.